The smallest absolute Gasteiger partial charge is 0.139 e. The number of nitrogens with zero attached hydrogens (tertiary/aromatic N) is 2. The van der Waals surface area contributed by atoms with Gasteiger partial charge in [-0.2, -0.15) is 0 Å². The van der Waals surface area contributed by atoms with E-state index < -0.39 is 9.73 Å². The summed E-state index contributed by atoms with van der Waals surface area (Å²) >= 11 is 0. The van der Waals surface area contributed by atoms with Crippen molar-refractivity contribution >= 4 is 9.73 Å². The molecule has 1 atom stereocenters. The third kappa shape index (κ3) is 2.29. The maximum absolute atomic E-state index is 12.6. The van der Waals surface area contributed by atoms with Gasteiger partial charge in [-0.05, 0) is 6.07 Å². The number of pyridine rings is 1. The van der Waals surface area contributed by atoms with E-state index in [4.69, 9.17) is 4.74 Å². The van der Waals surface area contributed by atoms with E-state index >= 15 is 0 Å². The molecule has 0 aliphatic carbocycles. The van der Waals surface area contributed by atoms with Gasteiger partial charge in [-0.25, -0.2) is 8.57 Å². The largest absolute Gasteiger partial charge is 0.490 e. The molecule has 0 N–H and O–H groups in total. The molecular formula is C12H18N2O2S. The van der Waals surface area contributed by atoms with Crippen LogP contribution in [0.1, 0.15) is 26.5 Å². The van der Waals surface area contributed by atoms with E-state index in [-0.39, 0.29) is 5.41 Å². The lowest BCUT2D eigenvalue weighted by Crippen LogP contribution is -2.18. The van der Waals surface area contributed by atoms with Gasteiger partial charge in [0.25, 0.3) is 0 Å². The van der Waals surface area contributed by atoms with Crippen LogP contribution in [0.4, 0.5) is 0 Å². The first kappa shape index (κ1) is 12.4. The SMILES string of the molecule is CC(C)(C)c1nccc2c1[S@](C)(=O)=NCCO2. The van der Waals surface area contributed by atoms with Crippen LogP contribution in [0.2, 0.25) is 0 Å². The van der Waals surface area contributed by atoms with E-state index in [1.165, 1.54) is 0 Å². The number of ether oxygens (including phenoxy) is 1. The maximum atomic E-state index is 12.6. The molecular weight excluding hydrogens is 236 g/mol. The van der Waals surface area contributed by atoms with Gasteiger partial charge in [0, 0.05) is 17.9 Å². The molecule has 5 heteroatoms. The fraction of sp³-hybridized carbons (Fsp3) is 0.583. The van der Waals surface area contributed by atoms with E-state index in [0.717, 1.165) is 5.69 Å². The number of hydrogen-bond acceptors (Lipinski definition) is 4. The predicted octanol–water partition coefficient (Wildman–Crippen LogP) is 2.23. The normalized spacial score (nSPS) is 24.2. The van der Waals surface area contributed by atoms with Crippen LogP contribution in [0, 0.1) is 0 Å². The molecule has 0 unspecified atom stereocenters. The number of fused-ring (bicyclic) bond motifs is 1. The lowest BCUT2D eigenvalue weighted by Gasteiger charge is -2.22. The van der Waals surface area contributed by atoms with E-state index in [1.807, 2.05) is 0 Å². The van der Waals surface area contributed by atoms with Gasteiger partial charge in [0.1, 0.15) is 17.3 Å². The zero-order chi connectivity index (χ0) is 12.7. The van der Waals surface area contributed by atoms with Crippen LogP contribution in [0.15, 0.2) is 21.5 Å². The highest BCUT2D eigenvalue weighted by molar-refractivity contribution is 7.93. The van der Waals surface area contributed by atoms with Gasteiger partial charge in [0.05, 0.1) is 22.0 Å². The van der Waals surface area contributed by atoms with E-state index in [1.54, 1.807) is 18.5 Å². The minimum Gasteiger partial charge on any atom is -0.490 e. The maximum Gasteiger partial charge on any atom is 0.139 e. The molecule has 1 aromatic heterocycles. The summed E-state index contributed by atoms with van der Waals surface area (Å²) in [5.74, 6) is 0.665. The molecule has 2 heterocycles. The number of rotatable bonds is 0. The highest BCUT2D eigenvalue weighted by atomic mass is 32.2. The first-order chi connectivity index (χ1) is 7.82. The average molecular weight is 254 g/mol. The second-order valence-electron chi connectivity index (χ2n) is 5.24. The monoisotopic (exact) mass is 254 g/mol. The van der Waals surface area contributed by atoms with Gasteiger partial charge in [0.2, 0.25) is 0 Å². The summed E-state index contributed by atoms with van der Waals surface area (Å²) in [7, 11) is -2.40. The Morgan fingerprint density at radius 2 is 2.12 bits per heavy atom. The highest BCUT2D eigenvalue weighted by Crippen LogP contribution is 2.35. The summed E-state index contributed by atoms with van der Waals surface area (Å²) < 4.78 is 22.5. The van der Waals surface area contributed by atoms with Crippen molar-refractivity contribution in [1.29, 1.82) is 0 Å². The first-order valence-electron chi connectivity index (χ1n) is 5.62. The van der Waals surface area contributed by atoms with Crippen LogP contribution >= 0.6 is 0 Å². The first-order valence-corrected chi connectivity index (χ1v) is 7.55. The molecule has 1 aliphatic rings. The summed E-state index contributed by atoms with van der Waals surface area (Å²) in [6.45, 7) is 7.10. The van der Waals surface area contributed by atoms with Crippen molar-refractivity contribution in [1.82, 2.24) is 4.98 Å². The van der Waals surface area contributed by atoms with Crippen molar-refractivity contribution in [3.8, 4) is 5.75 Å². The molecule has 0 radical (unpaired) electrons. The molecule has 0 amide bonds. The Hall–Kier alpha value is -1.10. The van der Waals surface area contributed by atoms with Gasteiger partial charge in [-0.15, -0.1) is 0 Å². The van der Waals surface area contributed by atoms with Crippen molar-refractivity contribution < 1.29 is 8.95 Å². The Bertz CT molecular complexity index is 552. The van der Waals surface area contributed by atoms with Gasteiger partial charge < -0.3 is 4.74 Å². The zero-order valence-corrected chi connectivity index (χ0v) is 11.5. The molecule has 1 aliphatic heterocycles. The van der Waals surface area contributed by atoms with Crippen molar-refractivity contribution in [2.75, 3.05) is 19.4 Å². The van der Waals surface area contributed by atoms with Gasteiger partial charge in [-0.1, -0.05) is 20.8 Å². The average Bonchev–Trinajstić information content (AvgIpc) is 2.36. The van der Waals surface area contributed by atoms with Crippen molar-refractivity contribution in [3.63, 3.8) is 0 Å². The van der Waals surface area contributed by atoms with Crippen molar-refractivity contribution in [3.05, 3.63) is 18.0 Å². The fourth-order valence-corrected chi connectivity index (χ4v) is 3.65. The molecule has 17 heavy (non-hydrogen) atoms. The minimum atomic E-state index is -2.40. The highest BCUT2D eigenvalue weighted by Gasteiger charge is 2.28. The zero-order valence-electron chi connectivity index (χ0n) is 10.7. The number of hydrogen-bond donors (Lipinski definition) is 0. The molecule has 0 spiro atoms. The van der Waals surface area contributed by atoms with E-state index in [2.05, 4.69) is 30.1 Å². The Morgan fingerprint density at radius 1 is 1.41 bits per heavy atom. The second kappa shape index (κ2) is 3.98. The van der Waals surface area contributed by atoms with Gasteiger partial charge in [-0.3, -0.25) is 4.98 Å². The van der Waals surface area contributed by atoms with Crippen LogP contribution in [-0.4, -0.2) is 28.6 Å². The van der Waals surface area contributed by atoms with Crippen LogP contribution in [0.3, 0.4) is 0 Å². The Morgan fingerprint density at radius 3 is 2.76 bits per heavy atom. The summed E-state index contributed by atoms with van der Waals surface area (Å²) in [6.07, 6.45) is 3.37. The molecule has 4 nitrogen and oxygen atoms in total. The Labute approximate surface area is 103 Å². The molecule has 94 valence electrons. The van der Waals surface area contributed by atoms with Crippen LogP contribution in [0.5, 0.6) is 5.75 Å². The van der Waals surface area contributed by atoms with Crippen LogP contribution in [0.25, 0.3) is 0 Å². The molecule has 0 saturated heterocycles. The third-order valence-corrected chi connectivity index (χ3v) is 4.47. The lowest BCUT2D eigenvalue weighted by molar-refractivity contribution is 0.321. The van der Waals surface area contributed by atoms with Crippen LogP contribution < -0.4 is 4.74 Å². The topological polar surface area (TPSA) is 51.5 Å². The number of aromatic nitrogens is 1. The molecule has 0 bridgehead atoms. The summed E-state index contributed by atoms with van der Waals surface area (Å²) in [5, 5.41) is 0. The summed E-state index contributed by atoms with van der Waals surface area (Å²) in [4.78, 5) is 5.05. The van der Waals surface area contributed by atoms with Crippen molar-refractivity contribution in [2.45, 2.75) is 31.1 Å². The van der Waals surface area contributed by atoms with Crippen LogP contribution in [-0.2, 0) is 15.1 Å². The Balaban J connectivity index is 2.79. The van der Waals surface area contributed by atoms with Gasteiger partial charge >= 0.3 is 0 Å². The molecule has 1 aromatic rings. The standard InChI is InChI=1S/C12H18N2O2S/c1-12(2,3)11-10-9(5-6-13-11)16-8-7-14-17(10,4)15/h5-6H,7-8H2,1-4H3/t17-/m0/s1. The van der Waals surface area contributed by atoms with Gasteiger partial charge in [0.15, 0.2) is 0 Å². The molecule has 0 fully saturated rings. The van der Waals surface area contributed by atoms with E-state index in [9.17, 15) is 4.21 Å². The fourth-order valence-electron chi connectivity index (χ4n) is 1.88. The third-order valence-electron chi connectivity index (χ3n) is 2.64. The molecule has 0 saturated carbocycles. The predicted molar refractivity (Wildman–Crippen MR) is 68.1 cm³/mol. The summed E-state index contributed by atoms with van der Waals surface area (Å²) in [5.41, 5.74) is 0.640. The minimum absolute atomic E-state index is 0.173. The lowest BCUT2D eigenvalue weighted by atomic mass is 9.91. The van der Waals surface area contributed by atoms with E-state index in [0.29, 0.717) is 23.8 Å². The molecule has 0 aromatic carbocycles. The summed E-state index contributed by atoms with van der Waals surface area (Å²) in [6, 6.07) is 1.77. The second-order valence-corrected chi connectivity index (χ2v) is 7.51. The Kier molecular flexibility index (Phi) is 2.89. The molecule has 2 rings (SSSR count). The van der Waals surface area contributed by atoms with Crippen molar-refractivity contribution in [2.24, 2.45) is 4.36 Å². The quantitative estimate of drug-likeness (QED) is 0.713.